The van der Waals surface area contributed by atoms with Gasteiger partial charge >= 0.3 is 0 Å². The van der Waals surface area contributed by atoms with E-state index in [0.717, 1.165) is 11.9 Å². The van der Waals surface area contributed by atoms with Crippen LogP contribution in [0.3, 0.4) is 0 Å². The molecular weight excluding hydrogens is 186 g/mol. The van der Waals surface area contributed by atoms with Crippen LogP contribution in [-0.2, 0) is 0 Å². The van der Waals surface area contributed by atoms with Gasteiger partial charge in [0.05, 0.1) is 0 Å². The van der Waals surface area contributed by atoms with Crippen LogP contribution in [0.15, 0.2) is 12.4 Å². The molecule has 1 atom stereocenters. The predicted molar refractivity (Wildman–Crippen MR) is 60.9 cm³/mol. The number of aromatic nitrogens is 2. The van der Waals surface area contributed by atoms with Crippen LogP contribution in [0.2, 0.25) is 0 Å². The topological polar surface area (TPSA) is 29.9 Å². The van der Waals surface area contributed by atoms with Crippen molar-refractivity contribution < 1.29 is 0 Å². The maximum atomic E-state index is 4.41. The van der Waals surface area contributed by atoms with Gasteiger partial charge in [-0.15, -0.1) is 0 Å². The maximum absolute atomic E-state index is 4.41. The Hall–Kier alpha value is -0.990. The normalized spacial score (nSPS) is 23.5. The molecule has 3 rings (SSSR count). The molecule has 0 amide bonds. The zero-order chi connectivity index (χ0) is 10.3. The van der Waals surface area contributed by atoms with E-state index in [1.807, 2.05) is 6.20 Å². The summed E-state index contributed by atoms with van der Waals surface area (Å²) < 4.78 is 2.32. The first-order chi connectivity index (χ1) is 7.34. The second-order valence-corrected chi connectivity index (χ2v) is 5.01. The molecule has 2 aliphatic carbocycles. The van der Waals surface area contributed by atoms with E-state index >= 15 is 0 Å². The Morgan fingerprint density at radius 1 is 1.40 bits per heavy atom. The molecule has 0 spiro atoms. The van der Waals surface area contributed by atoms with Crippen molar-refractivity contribution in [1.82, 2.24) is 9.55 Å². The summed E-state index contributed by atoms with van der Waals surface area (Å²) in [5.74, 6) is 1.95. The number of hydrogen-bond acceptors (Lipinski definition) is 2. The first kappa shape index (κ1) is 9.25. The van der Waals surface area contributed by atoms with Crippen molar-refractivity contribution in [2.24, 2.45) is 5.92 Å². The van der Waals surface area contributed by atoms with Crippen LogP contribution < -0.4 is 5.32 Å². The molecule has 1 heterocycles. The molecule has 1 aromatic heterocycles. The van der Waals surface area contributed by atoms with E-state index in [1.165, 1.54) is 32.1 Å². The molecule has 1 N–H and O–H groups in total. The first-order valence-electron chi connectivity index (χ1n) is 6.14. The average molecular weight is 205 g/mol. The van der Waals surface area contributed by atoms with E-state index in [9.17, 15) is 0 Å². The second-order valence-electron chi connectivity index (χ2n) is 5.01. The molecule has 0 radical (unpaired) electrons. The number of rotatable bonds is 4. The van der Waals surface area contributed by atoms with Gasteiger partial charge in [0.1, 0.15) is 0 Å². The molecule has 0 aromatic carbocycles. The summed E-state index contributed by atoms with van der Waals surface area (Å²) in [6.45, 7) is 2.32. The fourth-order valence-electron chi connectivity index (χ4n) is 2.31. The largest absolute Gasteiger partial charge is 0.353 e. The van der Waals surface area contributed by atoms with E-state index < -0.39 is 0 Å². The number of nitrogens with zero attached hydrogens (tertiary/aromatic N) is 2. The van der Waals surface area contributed by atoms with Crippen molar-refractivity contribution in [3.8, 4) is 0 Å². The van der Waals surface area contributed by atoms with Gasteiger partial charge in [-0.05, 0) is 38.5 Å². The molecule has 0 saturated heterocycles. The van der Waals surface area contributed by atoms with Gasteiger partial charge in [0, 0.05) is 24.5 Å². The molecule has 1 unspecified atom stereocenters. The standard InChI is InChI=1S/C12H19N3/c1-9(10-3-2-4-10)15-8-7-13-12(15)14-11-5-6-11/h7-11H,2-6H2,1H3,(H,13,14). The van der Waals surface area contributed by atoms with Gasteiger partial charge in [-0.1, -0.05) is 6.42 Å². The highest BCUT2D eigenvalue weighted by Gasteiger charge is 2.28. The van der Waals surface area contributed by atoms with Crippen LogP contribution in [0, 0.1) is 5.92 Å². The molecule has 0 aliphatic heterocycles. The Labute approximate surface area is 90.9 Å². The van der Waals surface area contributed by atoms with E-state index in [4.69, 9.17) is 0 Å². The van der Waals surface area contributed by atoms with Crippen molar-refractivity contribution in [3.63, 3.8) is 0 Å². The van der Waals surface area contributed by atoms with Crippen LogP contribution >= 0.6 is 0 Å². The van der Waals surface area contributed by atoms with Crippen LogP contribution in [0.25, 0.3) is 0 Å². The zero-order valence-electron chi connectivity index (χ0n) is 9.32. The summed E-state index contributed by atoms with van der Waals surface area (Å²) in [6.07, 6.45) is 10.8. The van der Waals surface area contributed by atoms with Gasteiger partial charge in [0.15, 0.2) is 0 Å². The predicted octanol–water partition coefficient (Wildman–Crippen LogP) is 2.82. The van der Waals surface area contributed by atoms with E-state index in [-0.39, 0.29) is 0 Å². The number of anilines is 1. The van der Waals surface area contributed by atoms with Crippen LogP contribution in [0.5, 0.6) is 0 Å². The quantitative estimate of drug-likeness (QED) is 0.819. The van der Waals surface area contributed by atoms with Gasteiger partial charge < -0.3 is 9.88 Å². The fraction of sp³-hybridized carbons (Fsp3) is 0.750. The van der Waals surface area contributed by atoms with Crippen molar-refractivity contribution in [1.29, 1.82) is 0 Å². The highest BCUT2D eigenvalue weighted by molar-refractivity contribution is 5.30. The molecular formula is C12H19N3. The lowest BCUT2D eigenvalue weighted by molar-refractivity contribution is 0.224. The van der Waals surface area contributed by atoms with E-state index in [0.29, 0.717) is 12.1 Å². The number of imidazole rings is 1. The Morgan fingerprint density at radius 2 is 2.20 bits per heavy atom. The molecule has 2 fully saturated rings. The lowest BCUT2D eigenvalue weighted by Crippen LogP contribution is -2.24. The average Bonchev–Trinajstić information content (AvgIpc) is 2.79. The third-order valence-electron chi connectivity index (χ3n) is 3.85. The zero-order valence-corrected chi connectivity index (χ0v) is 9.32. The summed E-state index contributed by atoms with van der Waals surface area (Å²) in [5, 5.41) is 3.50. The summed E-state index contributed by atoms with van der Waals surface area (Å²) in [7, 11) is 0. The molecule has 15 heavy (non-hydrogen) atoms. The number of nitrogens with one attached hydrogen (secondary N) is 1. The highest BCUT2D eigenvalue weighted by Crippen LogP contribution is 2.37. The van der Waals surface area contributed by atoms with Crippen molar-refractivity contribution in [2.75, 3.05) is 5.32 Å². The lowest BCUT2D eigenvalue weighted by atomic mass is 9.80. The number of hydrogen-bond donors (Lipinski definition) is 1. The second kappa shape index (κ2) is 3.54. The van der Waals surface area contributed by atoms with Crippen molar-refractivity contribution in [3.05, 3.63) is 12.4 Å². The Balaban J connectivity index is 1.73. The van der Waals surface area contributed by atoms with Crippen LogP contribution in [0.1, 0.15) is 45.1 Å². The van der Waals surface area contributed by atoms with Gasteiger partial charge in [0.2, 0.25) is 5.95 Å². The van der Waals surface area contributed by atoms with Gasteiger partial charge in [-0.3, -0.25) is 0 Å². The summed E-state index contributed by atoms with van der Waals surface area (Å²) in [4.78, 5) is 4.41. The SMILES string of the molecule is CC(C1CCC1)n1ccnc1NC1CC1. The monoisotopic (exact) mass is 205 g/mol. The summed E-state index contributed by atoms with van der Waals surface area (Å²) in [6, 6.07) is 1.31. The molecule has 1 aromatic rings. The minimum absolute atomic E-state index is 0.613. The highest BCUT2D eigenvalue weighted by atomic mass is 15.2. The molecule has 0 bridgehead atoms. The van der Waals surface area contributed by atoms with Gasteiger partial charge in [-0.25, -0.2) is 4.98 Å². The first-order valence-corrected chi connectivity index (χ1v) is 6.14. The Morgan fingerprint density at radius 3 is 2.80 bits per heavy atom. The lowest BCUT2D eigenvalue weighted by Gasteiger charge is -2.33. The summed E-state index contributed by atoms with van der Waals surface area (Å²) in [5.41, 5.74) is 0. The molecule has 82 valence electrons. The minimum Gasteiger partial charge on any atom is -0.353 e. The molecule has 2 aliphatic rings. The van der Waals surface area contributed by atoms with E-state index in [2.05, 4.69) is 28.0 Å². The van der Waals surface area contributed by atoms with Crippen molar-refractivity contribution in [2.45, 2.75) is 51.1 Å². The van der Waals surface area contributed by atoms with Crippen LogP contribution in [0.4, 0.5) is 5.95 Å². The molecule has 2 saturated carbocycles. The van der Waals surface area contributed by atoms with Crippen molar-refractivity contribution >= 4 is 5.95 Å². The Bertz CT molecular complexity index is 336. The molecule has 3 nitrogen and oxygen atoms in total. The van der Waals surface area contributed by atoms with Crippen LogP contribution in [-0.4, -0.2) is 15.6 Å². The third kappa shape index (κ3) is 1.75. The van der Waals surface area contributed by atoms with E-state index in [1.54, 1.807) is 0 Å². The smallest absolute Gasteiger partial charge is 0.203 e. The fourth-order valence-corrected chi connectivity index (χ4v) is 2.31. The van der Waals surface area contributed by atoms with Gasteiger partial charge in [-0.2, -0.15) is 0 Å². The van der Waals surface area contributed by atoms with Gasteiger partial charge in [0.25, 0.3) is 0 Å². The summed E-state index contributed by atoms with van der Waals surface area (Å²) >= 11 is 0. The third-order valence-corrected chi connectivity index (χ3v) is 3.85. The molecule has 3 heteroatoms. The minimum atomic E-state index is 0.613. The maximum Gasteiger partial charge on any atom is 0.203 e. The Kier molecular flexibility index (Phi) is 2.19.